The van der Waals surface area contributed by atoms with Crippen molar-refractivity contribution in [2.24, 2.45) is 0 Å². The standard InChI is InChI=1S/C16H17N3O2/c1-2-3-8-20-12-5-6-14-13(9-12)19-16(21-14)11-4-7-15(17)18-10-11/h4-7,9-10H,2-3,8H2,1H3,(H2,17,18). The molecule has 0 unspecified atom stereocenters. The van der Waals surface area contributed by atoms with E-state index in [1.165, 1.54) is 0 Å². The molecule has 21 heavy (non-hydrogen) atoms. The van der Waals surface area contributed by atoms with Gasteiger partial charge in [0.2, 0.25) is 5.89 Å². The van der Waals surface area contributed by atoms with Gasteiger partial charge in [0.1, 0.15) is 17.1 Å². The van der Waals surface area contributed by atoms with E-state index in [1.54, 1.807) is 12.3 Å². The Bertz CT molecular complexity index is 735. The van der Waals surface area contributed by atoms with Crippen LogP contribution >= 0.6 is 0 Å². The van der Waals surface area contributed by atoms with E-state index in [2.05, 4.69) is 16.9 Å². The first-order valence-electron chi connectivity index (χ1n) is 7.01. The zero-order valence-corrected chi connectivity index (χ0v) is 11.9. The molecule has 108 valence electrons. The molecule has 0 saturated heterocycles. The molecule has 0 amide bonds. The van der Waals surface area contributed by atoms with Gasteiger partial charge in [0.15, 0.2) is 5.58 Å². The summed E-state index contributed by atoms with van der Waals surface area (Å²) in [5.74, 6) is 1.82. The summed E-state index contributed by atoms with van der Waals surface area (Å²) in [6, 6.07) is 9.23. The van der Waals surface area contributed by atoms with Crippen molar-refractivity contribution in [2.75, 3.05) is 12.3 Å². The van der Waals surface area contributed by atoms with Crippen molar-refractivity contribution in [1.29, 1.82) is 0 Å². The van der Waals surface area contributed by atoms with E-state index >= 15 is 0 Å². The number of oxazole rings is 1. The number of nitrogens with two attached hydrogens (primary N) is 1. The van der Waals surface area contributed by atoms with Gasteiger partial charge in [-0.1, -0.05) is 13.3 Å². The third-order valence-corrected chi connectivity index (χ3v) is 3.16. The number of nitrogen functional groups attached to an aromatic ring is 1. The monoisotopic (exact) mass is 283 g/mol. The first-order chi connectivity index (χ1) is 10.3. The van der Waals surface area contributed by atoms with Gasteiger partial charge in [0.25, 0.3) is 0 Å². The van der Waals surface area contributed by atoms with Crippen molar-refractivity contribution in [1.82, 2.24) is 9.97 Å². The van der Waals surface area contributed by atoms with Gasteiger partial charge in [-0.15, -0.1) is 0 Å². The fourth-order valence-corrected chi connectivity index (χ4v) is 1.99. The van der Waals surface area contributed by atoms with E-state index in [0.717, 1.165) is 35.3 Å². The first kappa shape index (κ1) is 13.4. The van der Waals surface area contributed by atoms with Gasteiger partial charge in [-0.05, 0) is 30.7 Å². The van der Waals surface area contributed by atoms with Gasteiger partial charge >= 0.3 is 0 Å². The van der Waals surface area contributed by atoms with E-state index in [0.29, 0.717) is 18.3 Å². The molecule has 2 N–H and O–H groups in total. The summed E-state index contributed by atoms with van der Waals surface area (Å²) in [4.78, 5) is 8.52. The van der Waals surface area contributed by atoms with Crippen LogP contribution < -0.4 is 10.5 Å². The second kappa shape index (κ2) is 5.83. The molecular formula is C16H17N3O2. The molecule has 0 saturated carbocycles. The van der Waals surface area contributed by atoms with Crippen LogP contribution in [0.15, 0.2) is 40.9 Å². The average Bonchev–Trinajstić information content (AvgIpc) is 2.91. The second-order valence-corrected chi connectivity index (χ2v) is 4.82. The summed E-state index contributed by atoms with van der Waals surface area (Å²) in [6.45, 7) is 2.85. The highest BCUT2D eigenvalue weighted by Gasteiger charge is 2.09. The lowest BCUT2D eigenvalue weighted by Crippen LogP contribution is -1.95. The van der Waals surface area contributed by atoms with Crippen LogP contribution in [0.25, 0.3) is 22.6 Å². The van der Waals surface area contributed by atoms with Gasteiger partial charge in [-0.2, -0.15) is 0 Å². The van der Waals surface area contributed by atoms with Gasteiger partial charge in [0.05, 0.1) is 12.2 Å². The minimum Gasteiger partial charge on any atom is -0.494 e. The average molecular weight is 283 g/mol. The van der Waals surface area contributed by atoms with Crippen LogP contribution in [-0.2, 0) is 0 Å². The van der Waals surface area contributed by atoms with Crippen LogP contribution in [0.2, 0.25) is 0 Å². The smallest absolute Gasteiger partial charge is 0.228 e. The predicted molar refractivity (Wildman–Crippen MR) is 82.1 cm³/mol. The van der Waals surface area contributed by atoms with Crippen LogP contribution in [0.4, 0.5) is 5.82 Å². The summed E-state index contributed by atoms with van der Waals surface area (Å²) in [6.07, 6.45) is 3.80. The van der Waals surface area contributed by atoms with E-state index in [-0.39, 0.29) is 0 Å². The molecule has 0 radical (unpaired) electrons. The highest BCUT2D eigenvalue weighted by molar-refractivity contribution is 5.77. The maximum atomic E-state index is 5.73. The van der Waals surface area contributed by atoms with E-state index in [1.807, 2.05) is 24.3 Å². The number of rotatable bonds is 5. The number of benzene rings is 1. The summed E-state index contributed by atoms with van der Waals surface area (Å²) >= 11 is 0. The van der Waals surface area contributed by atoms with Crippen LogP contribution in [0.3, 0.4) is 0 Å². The zero-order chi connectivity index (χ0) is 14.7. The highest BCUT2D eigenvalue weighted by atomic mass is 16.5. The first-order valence-corrected chi connectivity index (χ1v) is 7.01. The SMILES string of the molecule is CCCCOc1ccc2oc(-c3ccc(N)nc3)nc2c1. The number of ether oxygens (including phenoxy) is 1. The van der Waals surface area contributed by atoms with Crippen LogP contribution in [0.5, 0.6) is 5.75 Å². The molecule has 0 atom stereocenters. The number of anilines is 1. The Morgan fingerprint density at radius 2 is 2.14 bits per heavy atom. The molecule has 0 aliphatic carbocycles. The molecule has 0 bridgehead atoms. The van der Waals surface area contributed by atoms with Gasteiger partial charge < -0.3 is 14.9 Å². The molecule has 3 aromatic rings. The predicted octanol–water partition coefficient (Wildman–Crippen LogP) is 3.65. The Labute approximate surface area is 122 Å². The largest absolute Gasteiger partial charge is 0.494 e. The third-order valence-electron chi connectivity index (χ3n) is 3.16. The fourth-order valence-electron chi connectivity index (χ4n) is 1.99. The molecule has 0 aliphatic rings. The topological polar surface area (TPSA) is 74.2 Å². The number of aromatic nitrogens is 2. The Kier molecular flexibility index (Phi) is 3.73. The Morgan fingerprint density at radius 3 is 2.90 bits per heavy atom. The van der Waals surface area contributed by atoms with E-state index in [4.69, 9.17) is 14.9 Å². The minimum atomic E-state index is 0.474. The number of nitrogens with zero attached hydrogens (tertiary/aromatic N) is 2. The molecule has 0 spiro atoms. The quantitative estimate of drug-likeness (QED) is 0.723. The van der Waals surface area contributed by atoms with Crippen molar-refractivity contribution < 1.29 is 9.15 Å². The highest BCUT2D eigenvalue weighted by Crippen LogP contribution is 2.26. The summed E-state index contributed by atoms with van der Waals surface area (Å²) in [7, 11) is 0. The molecular weight excluding hydrogens is 266 g/mol. The Hall–Kier alpha value is -2.56. The molecule has 2 heterocycles. The summed E-state index contributed by atoms with van der Waals surface area (Å²) < 4.78 is 11.4. The molecule has 1 aromatic carbocycles. The van der Waals surface area contributed by atoms with Crippen molar-refractivity contribution in [3.05, 3.63) is 36.5 Å². The number of hydrogen-bond acceptors (Lipinski definition) is 5. The maximum absolute atomic E-state index is 5.73. The van der Waals surface area contributed by atoms with Crippen molar-refractivity contribution >= 4 is 16.9 Å². The number of unbranched alkanes of at least 4 members (excludes halogenated alkanes) is 1. The Morgan fingerprint density at radius 1 is 1.24 bits per heavy atom. The van der Waals surface area contributed by atoms with Crippen LogP contribution in [0, 0.1) is 0 Å². The fraction of sp³-hybridized carbons (Fsp3) is 0.250. The van der Waals surface area contributed by atoms with E-state index < -0.39 is 0 Å². The Balaban J connectivity index is 1.87. The molecule has 3 rings (SSSR count). The van der Waals surface area contributed by atoms with E-state index in [9.17, 15) is 0 Å². The molecule has 2 aromatic heterocycles. The molecule has 0 aliphatic heterocycles. The lowest BCUT2D eigenvalue weighted by molar-refractivity contribution is 0.309. The number of fused-ring (bicyclic) bond motifs is 1. The molecule has 5 heteroatoms. The van der Waals surface area contributed by atoms with Crippen molar-refractivity contribution in [3.63, 3.8) is 0 Å². The minimum absolute atomic E-state index is 0.474. The van der Waals surface area contributed by atoms with Crippen molar-refractivity contribution in [3.8, 4) is 17.2 Å². The summed E-state index contributed by atoms with van der Waals surface area (Å²) in [5.41, 5.74) is 7.88. The normalized spacial score (nSPS) is 10.9. The maximum Gasteiger partial charge on any atom is 0.228 e. The lowest BCUT2D eigenvalue weighted by atomic mass is 10.3. The second-order valence-electron chi connectivity index (χ2n) is 4.82. The van der Waals surface area contributed by atoms with Crippen LogP contribution in [-0.4, -0.2) is 16.6 Å². The van der Waals surface area contributed by atoms with Gasteiger partial charge in [0, 0.05) is 12.3 Å². The van der Waals surface area contributed by atoms with Crippen LogP contribution in [0.1, 0.15) is 19.8 Å². The lowest BCUT2D eigenvalue weighted by Gasteiger charge is -2.03. The molecule has 5 nitrogen and oxygen atoms in total. The molecule has 0 fully saturated rings. The third kappa shape index (κ3) is 2.97. The zero-order valence-electron chi connectivity index (χ0n) is 11.9. The number of hydrogen-bond donors (Lipinski definition) is 1. The van der Waals surface area contributed by atoms with Gasteiger partial charge in [-0.3, -0.25) is 0 Å². The summed E-state index contributed by atoms with van der Waals surface area (Å²) in [5, 5.41) is 0. The van der Waals surface area contributed by atoms with Gasteiger partial charge in [-0.25, -0.2) is 9.97 Å². The van der Waals surface area contributed by atoms with Crippen molar-refractivity contribution in [2.45, 2.75) is 19.8 Å². The number of pyridine rings is 1.